The van der Waals surface area contributed by atoms with Crippen molar-refractivity contribution in [3.05, 3.63) is 60.3 Å². The summed E-state index contributed by atoms with van der Waals surface area (Å²) in [6, 6.07) is 15.9. The molecule has 178 valence electrons. The lowest BCUT2D eigenvalue weighted by molar-refractivity contribution is -0.122. The minimum Gasteiger partial charge on any atom is -0.436 e. The van der Waals surface area contributed by atoms with Gasteiger partial charge in [0.2, 0.25) is 11.8 Å². The number of hydrogen-bond donors (Lipinski definition) is 3. The van der Waals surface area contributed by atoms with Gasteiger partial charge in [0.25, 0.3) is 0 Å². The molecule has 2 saturated carbocycles. The number of para-hydroxylation sites is 2. The third-order valence-electron chi connectivity index (χ3n) is 7.27. The van der Waals surface area contributed by atoms with Crippen LogP contribution in [0.5, 0.6) is 0 Å². The molecule has 2 aliphatic rings. The molecular formula is C27H33N5O2. The molecule has 34 heavy (non-hydrogen) atoms. The smallest absolute Gasteiger partial charge is 0.227 e. The van der Waals surface area contributed by atoms with Gasteiger partial charge in [0, 0.05) is 35.8 Å². The highest BCUT2D eigenvalue weighted by atomic mass is 16.3. The molecule has 3 aromatic rings. The van der Waals surface area contributed by atoms with Gasteiger partial charge in [-0.15, -0.1) is 0 Å². The number of nitrogens with zero attached hydrogens (tertiary/aromatic N) is 2. The molecule has 5 rings (SSSR count). The third kappa shape index (κ3) is 4.80. The average molecular weight is 460 g/mol. The van der Waals surface area contributed by atoms with E-state index in [9.17, 15) is 4.79 Å². The van der Waals surface area contributed by atoms with Gasteiger partial charge in [0.1, 0.15) is 5.52 Å². The van der Waals surface area contributed by atoms with Crippen molar-refractivity contribution in [1.29, 1.82) is 0 Å². The van der Waals surface area contributed by atoms with Crippen LogP contribution in [0.1, 0.15) is 56.9 Å². The standard InChI is InChI=1S/C27H33N5O2/c28-17-24(19-9-11-20(12-10-19)27-31-23-7-3-4-8-25(23)34-27)32(29)22-14-13-21(16-22)30-26(33)15-18-5-1-2-6-18/h3-4,7-12,17-18,21-22H,1-2,5-6,13-16,28-29H2,(H,30,33)/b24-17-/t21-,22+/m0/s1. The minimum atomic E-state index is 0.128. The zero-order chi connectivity index (χ0) is 23.5. The lowest BCUT2D eigenvalue weighted by Gasteiger charge is -2.28. The van der Waals surface area contributed by atoms with Crippen molar-refractivity contribution in [1.82, 2.24) is 15.3 Å². The SMILES string of the molecule is N/C=C(/c1ccc(-c2nc3ccccc3o2)cc1)N(N)[C@@H]1CC[C@H](NC(=O)CC2CCCC2)C1. The highest BCUT2D eigenvalue weighted by Gasteiger charge is 2.31. The Morgan fingerprint density at radius 3 is 2.59 bits per heavy atom. The van der Waals surface area contributed by atoms with E-state index in [1.807, 2.05) is 48.5 Å². The van der Waals surface area contributed by atoms with Crippen molar-refractivity contribution in [3.63, 3.8) is 0 Å². The van der Waals surface area contributed by atoms with Crippen LogP contribution in [0.15, 0.2) is 59.1 Å². The largest absolute Gasteiger partial charge is 0.436 e. The molecule has 0 aliphatic heterocycles. The van der Waals surface area contributed by atoms with Crippen molar-refractivity contribution in [2.24, 2.45) is 17.5 Å². The summed E-state index contributed by atoms with van der Waals surface area (Å²) in [4.78, 5) is 17.0. The summed E-state index contributed by atoms with van der Waals surface area (Å²) in [7, 11) is 0. The zero-order valence-corrected chi connectivity index (χ0v) is 19.5. The summed E-state index contributed by atoms with van der Waals surface area (Å²) in [6.45, 7) is 0. The molecule has 2 atom stereocenters. The molecule has 7 heteroatoms. The van der Waals surface area contributed by atoms with Crippen molar-refractivity contribution in [2.75, 3.05) is 0 Å². The number of benzene rings is 2. The quantitative estimate of drug-likeness (QED) is 0.353. The summed E-state index contributed by atoms with van der Waals surface area (Å²) in [5, 5.41) is 5.00. The number of carbonyl (C=O) groups excluding carboxylic acids is 1. The van der Waals surface area contributed by atoms with Gasteiger partial charge in [0.05, 0.1) is 5.70 Å². The molecule has 0 radical (unpaired) electrons. The molecule has 2 aliphatic carbocycles. The van der Waals surface area contributed by atoms with E-state index in [1.165, 1.54) is 25.7 Å². The van der Waals surface area contributed by atoms with Gasteiger partial charge < -0.3 is 20.5 Å². The van der Waals surface area contributed by atoms with Gasteiger partial charge in [-0.05, 0) is 62.3 Å². The first-order valence-corrected chi connectivity index (χ1v) is 12.3. The highest BCUT2D eigenvalue weighted by Crippen LogP contribution is 2.31. The summed E-state index contributed by atoms with van der Waals surface area (Å²) in [5.41, 5.74) is 10.2. The monoisotopic (exact) mass is 459 g/mol. The second-order valence-corrected chi connectivity index (χ2v) is 9.61. The van der Waals surface area contributed by atoms with Crippen molar-refractivity contribution in [2.45, 2.75) is 63.5 Å². The van der Waals surface area contributed by atoms with Crippen LogP contribution in [0, 0.1) is 5.92 Å². The van der Waals surface area contributed by atoms with Crippen LogP contribution in [-0.2, 0) is 4.79 Å². The highest BCUT2D eigenvalue weighted by molar-refractivity contribution is 5.77. The summed E-state index contributed by atoms with van der Waals surface area (Å²) in [6.07, 6.45) is 9.79. The van der Waals surface area contributed by atoms with E-state index >= 15 is 0 Å². The van der Waals surface area contributed by atoms with Gasteiger partial charge in [-0.3, -0.25) is 4.79 Å². The molecular weight excluding hydrogens is 426 g/mol. The van der Waals surface area contributed by atoms with Crippen molar-refractivity contribution >= 4 is 22.7 Å². The predicted octanol–water partition coefficient (Wildman–Crippen LogP) is 4.55. The molecule has 1 aromatic heterocycles. The topological polar surface area (TPSA) is 110 Å². The molecule has 2 aromatic carbocycles. The first kappa shape index (κ1) is 22.5. The number of hydrazine groups is 1. The van der Waals surface area contributed by atoms with Crippen LogP contribution >= 0.6 is 0 Å². The van der Waals surface area contributed by atoms with E-state index < -0.39 is 0 Å². The molecule has 0 saturated heterocycles. The lowest BCUT2D eigenvalue weighted by Crippen LogP contribution is -2.40. The van der Waals surface area contributed by atoms with Gasteiger partial charge in [-0.2, -0.15) is 0 Å². The maximum atomic E-state index is 12.4. The predicted molar refractivity (Wildman–Crippen MR) is 134 cm³/mol. The number of nitrogens with one attached hydrogen (secondary N) is 1. The Morgan fingerprint density at radius 1 is 1.09 bits per heavy atom. The maximum absolute atomic E-state index is 12.4. The fourth-order valence-corrected chi connectivity index (χ4v) is 5.41. The van der Waals surface area contributed by atoms with E-state index in [0.717, 1.165) is 47.2 Å². The van der Waals surface area contributed by atoms with Gasteiger partial charge in [-0.1, -0.05) is 37.1 Å². The Hall–Kier alpha value is -3.32. The normalized spacial score (nSPS) is 21.3. The van der Waals surface area contributed by atoms with Gasteiger partial charge >= 0.3 is 0 Å². The molecule has 0 spiro atoms. The zero-order valence-electron chi connectivity index (χ0n) is 19.5. The number of fused-ring (bicyclic) bond motifs is 1. The van der Waals surface area contributed by atoms with E-state index in [4.69, 9.17) is 16.0 Å². The number of hydrogen-bond acceptors (Lipinski definition) is 6. The second kappa shape index (κ2) is 9.89. The fraction of sp³-hybridized carbons (Fsp3) is 0.407. The number of oxazole rings is 1. The minimum absolute atomic E-state index is 0.128. The summed E-state index contributed by atoms with van der Waals surface area (Å²) >= 11 is 0. The Morgan fingerprint density at radius 2 is 1.85 bits per heavy atom. The van der Waals surface area contributed by atoms with E-state index in [0.29, 0.717) is 18.2 Å². The Bertz CT molecular complexity index is 1130. The molecule has 2 fully saturated rings. The summed E-state index contributed by atoms with van der Waals surface area (Å²) in [5.74, 6) is 7.87. The fourth-order valence-electron chi connectivity index (χ4n) is 5.41. The molecule has 0 unspecified atom stereocenters. The molecule has 5 N–H and O–H groups in total. The molecule has 1 amide bonds. The number of aromatic nitrogens is 1. The van der Waals surface area contributed by atoms with Crippen molar-refractivity contribution in [3.8, 4) is 11.5 Å². The average Bonchev–Trinajstić information content (AvgIpc) is 3.61. The van der Waals surface area contributed by atoms with Gasteiger partial charge in [0.15, 0.2) is 5.58 Å². The van der Waals surface area contributed by atoms with E-state index in [2.05, 4.69) is 10.3 Å². The Labute approximate surface area is 200 Å². The lowest BCUT2D eigenvalue weighted by atomic mass is 10.0. The van der Waals surface area contributed by atoms with Crippen LogP contribution in [0.3, 0.4) is 0 Å². The van der Waals surface area contributed by atoms with Crippen LogP contribution in [0.2, 0.25) is 0 Å². The van der Waals surface area contributed by atoms with Crippen LogP contribution in [0.4, 0.5) is 0 Å². The van der Waals surface area contributed by atoms with E-state index in [-0.39, 0.29) is 18.0 Å². The number of carbonyl (C=O) groups is 1. The molecule has 1 heterocycles. The first-order valence-electron chi connectivity index (χ1n) is 12.3. The second-order valence-electron chi connectivity index (χ2n) is 9.61. The molecule has 7 nitrogen and oxygen atoms in total. The number of rotatable bonds is 7. The maximum Gasteiger partial charge on any atom is 0.227 e. The van der Waals surface area contributed by atoms with E-state index in [1.54, 1.807) is 11.2 Å². The van der Waals surface area contributed by atoms with Crippen LogP contribution in [0.25, 0.3) is 28.3 Å². The number of amides is 1. The summed E-state index contributed by atoms with van der Waals surface area (Å²) < 4.78 is 5.87. The molecule has 0 bridgehead atoms. The van der Waals surface area contributed by atoms with Gasteiger partial charge in [-0.25, -0.2) is 10.8 Å². The third-order valence-corrected chi connectivity index (χ3v) is 7.27. The van der Waals surface area contributed by atoms with Crippen molar-refractivity contribution < 1.29 is 9.21 Å². The number of nitrogens with two attached hydrogens (primary N) is 2. The van der Waals surface area contributed by atoms with Crippen LogP contribution < -0.4 is 16.9 Å². The first-order chi connectivity index (χ1) is 16.6. The Kier molecular flexibility index (Phi) is 6.54. The van der Waals surface area contributed by atoms with Crippen LogP contribution in [-0.4, -0.2) is 28.0 Å². The Balaban J connectivity index is 1.21.